The van der Waals surface area contributed by atoms with Crippen LogP contribution in [0.5, 0.6) is 5.75 Å². The van der Waals surface area contributed by atoms with Crippen molar-refractivity contribution in [1.29, 1.82) is 0 Å². The molecule has 0 atom stereocenters. The summed E-state index contributed by atoms with van der Waals surface area (Å²) in [6.07, 6.45) is 1.38. The lowest BCUT2D eigenvalue weighted by atomic mass is 10.1. The summed E-state index contributed by atoms with van der Waals surface area (Å²) >= 11 is 6.82. The summed E-state index contributed by atoms with van der Waals surface area (Å²) in [6.45, 7) is -0.449. The third-order valence-electron chi connectivity index (χ3n) is 4.88. The average Bonchev–Trinajstić information content (AvgIpc) is 3.39. The average molecular weight is 514 g/mol. The molecule has 0 unspecified atom stereocenters. The van der Waals surface area contributed by atoms with Crippen molar-refractivity contribution in [2.24, 2.45) is 0 Å². The molecule has 1 saturated heterocycles. The second-order valence-corrected chi connectivity index (χ2v) is 8.57. The normalized spacial score (nSPS) is 14.5. The molecule has 3 amide bonds. The molecular formula is C23H16ClN3O7S. The van der Waals surface area contributed by atoms with E-state index in [1.54, 1.807) is 36.4 Å². The number of hydrogen-bond acceptors (Lipinski definition) is 8. The Kier molecular flexibility index (Phi) is 6.90. The van der Waals surface area contributed by atoms with Gasteiger partial charge in [0.2, 0.25) is 5.91 Å². The summed E-state index contributed by atoms with van der Waals surface area (Å²) in [5, 5.41) is 13.0. The van der Waals surface area contributed by atoms with Crippen LogP contribution < -0.4 is 10.1 Å². The number of furan rings is 1. The summed E-state index contributed by atoms with van der Waals surface area (Å²) in [6, 6.07) is 13.7. The van der Waals surface area contributed by atoms with Gasteiger partial charge < -0.3 is 14.5 Å². The largest absolute Gasteiger partial charge is 0.497 e. The van der Waals surface area contributed by atoms with Gasteiger partial charge in [-0.25, -0.2) is 0 Å². The number of nitro groups is 1. The molecule has 10 nitrogen and oxygen atoms in total. The number of anilines is 1. The Morgan fingerprint density at radius 2 is 1.94 bits per heavy atom. The number of imide groups is 1. The number of thioether (sulfide) groups is 1. The van der Waals surface area contributed by atoms with Crippen LogP contribution in [-0.4, -0.2) is 40.5 Å². The van der Waals surface area contributed by atoms with E-state index in [0.29, 0.717) is 34.5 Å². The van der Waals surface area contributed by atoms with Crippen LogP contribution in [0.15, 0.2) is 63.9 Å². The molecule has 0 bridgehead atoms. The van der Waals surface area contributed by atoms with Crippen LogP contribution in [0.4, 0.5) is 16.2 Å². The Balaban J connectivity index is 1.44. The highest BCUT2D eigenvalue weighted by atomic mass is 35.5. The van der Waals surface area contributed by atoms with E-state index in [0.717, 1.165) is 4.90 Å². The Bertz CT molecular complexity index is 1370. The molecule has 1 N–H and O–H groups in total. The van der Waals surface area contributed by atoms with Crippen molar-refractivity contribution >= 4 is 57.9 Å². The summed E-state index contributed by atoms with van der Waals surface area (Å²) < 4.78 is 10.8. The lowest BCUT2D eigenvalue weighted by molar-refractivity contribution is -0.384. The molecule has 2 heterocycles. The minimum atomic E-state index is -0.629. The number of halogens is 1. The summed E-state index contributed by atoms with van der Waals surface area (Å²) in [5.41, 5.74) is 0.766. The highest BCUT2D eigenvalue weighted by Gasteiger charge is 2.36. The first-order valence-corrected chi connectivity index (χ1v) is 11.2. The monoisotopic (exact) mass is 513 g/mol. The van der Waals surface area contributed by atoms with Gasteiger partial charge in [-0.1, -0.05) is 11.6 Å². The minimum absolute atomic E-state index is 0.0861. The first kappa shape index (κ1) is 24.0. The van der Waals surface area contributed by atoms with Gasteiger partial charge in [0.05, 0.1) is 22.0 Å². The molecule has 0 radical (unpaired) electrons. The number of carbonyl (C=O) groups excluding carboxylic acids is 3. The van der Waals surface area contributed by atoms with Crippen molar-refractivity contribution in [1.82, 2.24) is 4.90 Å². The van der Waals surface area contributed by atoms with Gasteiger partial charge >= 0.3 is 0 Å². The van der Waals surface area contributed by atoms with Gasteiger partial charge in [0.1, 0.15) is 23.8 Å². The van der Waals surface area contributed by atoms with Gasteiger partial charge in [-0.3, -0.25) is 29.4 Å². The number of nitrogens with one attached hydrogen (secondary N) is 1. The molecule has 1 fully saturated rings. The summed E-state index contributed by atoms with van der Waals surface area (Å²) in [7, 11) is 1.52. The molecule has 2 aromatic carbocycles. The predicted molar refractivity (Wildman–Crippen MR) is 130 cm³/mol. The molecule has 1 aliphatic rings. The zero-order chi connectivity index (χ0) is 25.1. The fourth-order valence-electron chi connectivity index (χ4n) is 3.18. The van der Waals surface area contributed by atoms with Crippen LogP contribution in [0, 0.1) is 10.1 Å². The van der Waals surface area contributed by atoms with Gasteiger partial charge in [0.25, 0.3) is 16.8 Å². The van der Waals surface area contributed by atoms with E-state index in [-0.39, 0.29) is 21.4 Å². The van der Waals surface area contributed by atoms with Crippen molar-refractivity contribution in [2.75, 3.05) is 19.0 Å². The SMILES string of the molecule is COc1ccc(NC(=O)CN2C(=O)S/C(=C/c3ccc(-c4ccc([N+](=O)[O-])cc4Cl)o3)C2=O)cc1. The fourth-order valence-corrected chi connectivity index (χ4v) is 4.26. The van der Waals surface area contributed by atoms with Crippen LogP contribution in [-0.2, 0) is 9.59 Å². The zero-order valence-corrected chi connectivity index (χ0v) is 19.6. The number of methoxy groups -OCH3 is 1. The molecular weight excluding hydrogens is 498 g/mol. The Labute approximate surface area is 207 Å². The maximum atomic E-state index is 12.7. The van der Waals surface area contributed by atoms with Crippen molar-refractivity contribution < 1.29 is 28.5 Å². The van der Waals surface area contributed by atoms with Gasteiger partial charge in [-0.15, -0.1) is 0 Å². The molecule has 12 heteroatoms. The van der Waals surface area contributed by atoms with Crippen molar-refractivity contribution in [2.45, 2.75) is 0 Å². The fraction of sp³-hybridized carbons (Fsp3) is 0.0870. The molecule has 3 aromatic rings. The van der Waals surface area contributed by atoms with E-state index in [4.69, 9.17) is 20.8 Å². The molecule has 0 aliphatic carbocycles. The number of hydrogen-bond donors (Lipinski definition) is 1. The van der Waals surface area contributed by atoms with Gasteiger partial charge in [0.15, 0.2) is 0 Å². The highest BCUT2D eigenvalue weighted by Crippen LogP contribution is 2.35. The molecule has 178 valence electrons. The second kappa shape index (κ2) is 10.0. The Morgan fingerprint density at radius 3 is 2.60 bits per heavy atom. The maximum absolute atomic E-state index is 12.7. The van der Waals surface area contributed by atoms with Gasteiger partial charge in [0, 0.05) is 29.5 Å². The minimum Gasteiger partial charge on any atom is -0.497 e. The number of non-ortho nitro benzene ring substituents is 1. The summed E-state index contributed by atoms with van der Waals surface area (Å²) in [4.78, 5) is 48.7. The van der Waals surface area contributed by atoms with Gasteiger partial charge in [-0.2, -0.15) is 0 Å². The van der Waals surface area contributed by atoms with Gasteiger partial charge in [-0.05, 0) is 54.2 Å². The first-order chi connectivity index (χ1) is 16.7. The number of amides is 3. The molecule has 1 aromatic heterocycles. The topological polar surface area (TPSA) is 132 Å². The standard InChI is InChI=1S/C23H16ClN3O7S/c1-33-15-5-2-13(3-6-15)25-21(28)12-26-22(29)20(35-23(26)30)11-16-7-9-19(34-16)17-8-4-14(27(31)32)10-18(17)24/h2-11H,12H2,1H3,(H,25,28)/b20-11+. The van der Waals surface area contributed by atoms with Crippen LogP contribution in [0.2, 0.25) is 5.02 Å². The van der Waals surface area contributed by atoms with Crippen molar-refractivity contribution in [3.63, 3.8) is 0 Å². The highest BCUT2D eigenvalue weighted by molar-refractivity contribution is 8.18. The lowest BCUT2D eigenvalue weighted by Crippen LogP contribution is -2.36. The van der Waals surface area contributed by atoms with E-state index < -0.39 is 28.5 Å². The number of nitro benzene ring substituents is 1. The Morgan fingerprint density at radius 1 is 1.20 bits per heavy atom. The van der Waals surface area contributed by atoms with E-state index in [9.17, 15) is 24.5 Å². The number of nitrogens with zero attached hydrogens (tertiary/aromatic N) is 2. The predicted octanol–water partition coefficient (Wildman–Crippen LogP) is 5.19. The molecule has 4 rings (SSSR count). The van der Waals surface area contributed by atoms with Crippen LogP contribution >= 0.6 is 23.4 Å². The molecule has 1 aliphatic heterocycles. The van der Waals surface area contributed by atoms with Crippen LogP contribution in [0.25, 0.3) is 17.4 Å². The first-order valence-electron chi connectivity index (χ1n) is 9.98. The number of rotatable bonds is 7. The zero-order valence-electron chi connectivity index (χ0n) is 18.0. The second-order valence-electron chi connectivity index (χ2n) is 7.17. The maximum Gasteiger partial charge on any atom is 0.294 e. The molecule has 0 saturated carbocycles. The van der Waals surface area contributed by atoms with Crippen LogP contribution in [0.1, 0.15) is 5.76 Å². The number of ether oxygens (including phenoxy) is 1. The smallest absolute Gasteiger partial charge is 0.294 e. The third kappa shape index (κ3) is 5.36. The number of carbonyl (C=O) groups is 3. The summed E-state index contributed by atoms with van der Waals surface area (Å²) in [5.74, 6) is 0.0517. The third-order valence-corrected chi connectivity index (χ3v) is 6.10. The van der Waals surface area contributed by atoms with Crippen molar-refractivity contribution in [3.05, 3.63) is 80.4 Å². The van der Waals surface area contributed by atoms with Crippen LogP contribution in [0.3, 0.4) is 0 Å². The Hall–Kier alpha value is -4.09. The molecule has 0 spiro atoms. The van der Waals surface area contributed by atoms with Crippen molar-refractivity contribution in [3.8, 4) is 17.1 Å². The van der Waals surface area contributed by atoms with E-state index in [1.807, 2.05) is 0 Å². The lowest BCUT2D eigenvalue weighted by Gasteiger charge is -2.12. The number of benzene rings is 2. The van der Waals surface area contributed by atoms with E-state index >= 15 is 0 Å². The quantitative estimate of drug-likeness (QED) is 0.259. The molecule has 35 heavy (non-hydrogen) atoms. The van der Waals surface area contributed by atoms with E-state index in [2.05, 4.69) is 5.32 Å². The van der Waals surface area contributed by atoms with E-state index in [1.165, 1.54) is 31.4 Å².